The molecule has 5 nitrogen and oxygen atoms in total. The van der Waals surface area contributed by atoms with Crippen molar-refractivity contribution in [3.05, 3.63) is 66.0 Å². The fourth-order valence-electron chi connectivity index (χ4n) is 3.50. The van der Waals surface area contributed by atoms with Gasteiger partial charge < -0.3 is 14.5 Å². The van der Waals surface area contributed by atoms with Crippen molar-refractivity contribution in [2.75, 3.05) is 32.8 Å². The highest BCUT2D eigenvalue weighted by Crippen LogP contribution is 2.16. The molecule has 0 aromatic heterocycles. The number of piperazine rings is 1. The first kappa shape index (κ1) is 20.8. The summed E-state index contributed by atoms with van der Waals surface area (Å²) in [5.41, 5.74) is 0.556. The number of carbonyl (C=O) groups is 2. The van der Waals surface area contributed by atoms with E-state index in [9.17, 15) is 14.0 Å². The Hall–Kier alpha value is -2.89. The van der Waals surface area contributed by atoms with E-state index in [1.807, 2.05) is 37.3 Å². The van der Waals surface area contributed by atoms with Crippen molar-refractivity contribution in [1.82, 2.24) is 9.80 Å². The van der Waals surface area contributed by atoms with E-state index in [4.69, 9.17) is 4.74 Å². The van der Waals surface area contributed by atoms with Crippen molar-refractivity contribution in [2.45, 2.75) is 19.8 Å². The summed E-state index contributed by atoms with van der Waals surface area (Å²) in [7, 11) is 0. The number of benzene rings is 2. The van der Waals surface area contributed by atoms with Crippen molar-refractivity contribution in [3.8, 4) is 5.75 Å². The van der Waals surface area contributed by atoms with E-state index in [1.165, 1.54) is 6.07 Å². The largest absolute Gasteiger partial charge is 0.493 e. The highest BCUT2D eigenvalue weighted by molar-refractivity contribution is 5.80. The summed E-state index contributed by atoms with van der Waals surface area (Å²) in [6.45, 7) is 4.21. The van der Waals surface area contributed by atoms with Gasteiger partial charge in [0.2, 0.25) is 11.8 Å². The lowest BCUT2D eigenvalue weighted by atomic mass is 9.99. The molecular weight excluding hydrogens is 371 g/mol. The maximum Gasteiger partial charge on any atom is 0.226 e. The molecule has 0 spiro atoms. The second kappa shape index (κ2) is 10.0. The van der Waals surface area contributed by atoms with Crippen LogP contribution in [0.2, 0.25) is 0 Å². The summed E-state index contributed by atoms with van der Waals surface area (Å²) in [5, 5.41) is 0. The van der Waals surface area contributed by atoms with Crippen LogP contribution in [0.3, 0.4) is 0 Å². The minimum atomic E-state index is -0.298. The predicted octanol–water partition coefficient (Wildman–Crippen LogP) is 3.14. The van der Waals surface area contributed by atoms with Gasteiger partial charge in [-0.2, -0.15) is 0 Å². The Kier molecular flexibility index (Phi) is 7.22. The summed E-state index contributed by atoms with van der Waals surface area (Å²) >= 11 is 0. The summed E-state index contributed by atoms with van der Waals surface area (Å²) in [5.74, 6) is 0.216. The van der Waals surface area contributed by atoms with Crippen LogP contribution in [0.1, 0.15) is 18.9 Å². The Balaban J connectivity index is 1.41. The highest BCUT2D eigenvalue weighted by atomic mass is 19.1. The number of hydrogen-bond donors (Lipinski definition) is 0. The van der Waals surface area contributed by atoms with Gasteiger partial charge in [-0.25, -0.2) is 4.39 Å². The maximum atomic E-state index is 13.8. The van der Waals surface area contributed by atoms with Crippen molar-refractivity contribution >= 4 is 11.8 Å². The molecule has 0 N–H and O–H groups in total. The fourth-order valence-corrected chi connectivity index (χ4v) is 3.50. The van der Waals surface area contributed by atoms with Crippen LogP contribution in [0.4, 0.5) is 4.39 Å². The number of amides is 2. The van der Waals surface area contributed by atoms with Gasteiger partial charge in [-0.15, -0.1) is 0 Å². The van der Waals surface area contributed by atoms with Gasteiger partial charge in [0, 0.05) is 32.1 Å². The van der Waals surface area contributed by atoms with E-state index in [-0.39, 0.29) is 23.5 Å². The van der Waals surface area contributed by atoms with Crippen LogP contribution >= 0.6 is 0 Å². The Morgan fingerprint density at radius 3 is 2.28 bits per heavy atom. The van der Waals surface area contributed by atoms with E-state index in [0.29, 0.717) is 51.2 Å². The van der Waals surface area contributed by atoms with Gasteiger partial charge in [0.15, 0.2) is 0 Å². The second-order valence-corrected chi connectivity index (χ2v) is 7.31. The van der Waals surface area contributed by atoms with Crippen molar-refractivity contribution < 1.29 is 18.7 Å². The Labute approximate surface area is 171 Å². The van der Waals surface area contributed by atoms with Gasteiger partial charge in [-0.1, -0.05) is 43.3 Å². The van der Waals surface area contributed by atoms with Crippen LogP contribution in [-0.4, -0.2) is 54.4 Å². The predicted molar refractivity (Wildman–Crippen MR) is 109 cm³/mol. The first-order chi connectivity index (χ1) is 14.0. The van der Waals surface area contributed by atoms with Crippen molar-refractivity contribution in [3.63, 3.8) is 0 Å². The molecule has 154 valence electrons. The van der Waals surface area contributed by atoms with Crippen LogP contribution in [-0.2, 0) is 16.0 Å². The zero-order valence-corrected chi connectivity index (χ0v) is 16.7. The number of hydrogen-bond acceptors (Lipinski definition) is 3. The molecule has 0 saturated carbocycles. The van der Waals surface area contributed by atoms with E-state index < -0.39 is 0 Å². The molecule has 1 fully saturated rings. The third kappa shape index (κ3) is 5.79. The van der Waals surface area contributed by atoms with Crippen molar-refractivity contribution in [1.29, 1.82) is 0 Å². The number of halogens is 1. The van der Waals surface area contributed by atoms with Crippen LogP contribution in [0.15, 0.2) is 54.6 Å². The zero-order chi connectivity index (χ0) is 20.6. The third-order valence-corrected chi connectivity index (χ3v) is 5.18. The molecule has 1 heterocycles. The van der Waals surface area contributed by atoms with Crippen LogP contribution in [0.5, 0.6) is 5.75 Å². The summed E-state index contributed by atoms with van der Waals surface area (Å²) < 4.78 is 19.4. The number of ether oxygens (including phenoxy) is 1. The normalized spacial score (nSPS) is 15.1. The number of rotatable bonds is 7. The quantitative estimate of drug-likeness (QED) is 0.720. The molecule has 2 aromatic carbocycles. The molecule has 1 atom stereocenters. The molecule has 1 unspecified atom stereocenters. The zero-order valence-electron chi connectivity index (χ0n) is 16.7. The monoisotopic (exact) mass is 398 g/mol. The lowest BCUT2D eigenvalue weighted by Crippen LogP contribution is -2.52. The summed E-state index contributed by atoms with van der Waals surface area (Å²) in [6.07, 6.45) is 0.688. The molecule has 29 heavy (non-hydrogen) atoms. The van der Waals surface area contributed by atoms with Crippen molar-refractivity contribution in [2.24, 2.45) is 5.92 Å². The van der Waals surface area contributed by atoms with Gasteiger partial charge >= 0.3 is 0 Å². The molecule has 6 heteroatoms. The Morgan fingerprint density at radius 2 is 1.59 bits per heavy atom. The van der Waals surface area contributed by atoms with E-state index in [1.54, 1.807) is 28.0 Å². The molecular formula is C23H27FN2O3. The van der Waals surface area contributed by atoms with E-state index in [0.717, 1.165) is 5.75 Å². The van der Waals surface area contributed by atoms with Gasteiger partial charge in [0.1, 0.15) is 11.6 Å². The molecule has 0 bridgehead atoms. The molecule has 1 saturated heterocycles. The van der Waals surface area contributed by atoms with E-state index >= 15 is 0 Å². The molecule has 1 aliphatic rings. The molecule has 2 aromatic rings. The lowest BCUT2D eigenvalue weighted by Gasteiger charge is -2.36. The van der Waals surface area contributed by atoms with Crippen LogP contribution < -0.4 is 4.74 Å². The smallest absolute Gasteiger partial charge is 0.226 e. The number of nitrogens with zero attached hydrogens (tertiary/aromatic N) is 2. The average molecular weight is 398 g/mol. The Morgan fingerprint density at radius 1 is 0.966 bits per heavy atom. The standard InChI is InChI=1S/C23H27FN2O3/c1-18(17-19-7-5-6-10-21(19)24)23(28)26-14-12-25(13-15-26)22(27)11-16-29-20-8-3-2-4-9-20/h2-10,18H,11-17H2,1H3. The maximum absolute atomic E-state index is 13.8. The minimum Gasteiger partial charge on any atom is -0.493 e. The topological polar surface area (TPSA) is 49.9 Å². The van der Waals surface area contributed by atoms with Gasteiger partial charge in [0.05, 0.1) is 13.0 Å². The summed E-state index contributed by atoms with van der Waals surface area (Å²) in [6, 6.07) is 16.0. The number of para-hydroxylation sites is 1. The lowest BCUT2D eigenvalue weighted by molar-refractivity contribution is -0.142. The van der Waals surface area contributed by atoms with Gasteiger partial charge in [-0.3, -0.25) is 9.59 Å². The van der Waals surface area contributed by atoms with Crippen LogP contribution in [0.25, 0.3) is 0 Å². The van der Waals surface area contributed by atoms with Gasteiger partial charge in [-0.05, 0) is 30.2 Å². The fraction of sp³-hybridized carbons (Fsp3) is 0.391. The highest BCUT2D eigenvalue weighted by Gasteiger charge is 2.27. The van der Waals surface area contributed by atoms with E-state index in [2.05, 4.69) is 0 Å². The first-order valence-corrected chi connectivity index (χ1v) is 10.0. The average Bonchev–Trinajstić information content (AvgIpc) is 2.75. The molecule has 2 amide bonds. The Bertz CT molecular complexity index is 820. The number of carbonyl (C=O) groups excluding carboxylic acids is 2. The van der Waals surface area contributed by atoms with Crippen LogP contribution in [0, 0.1) is 11.7 Å². The molecule has 3 rings (SSSR count). The minimum absolute atomic E-state index is 0.00719. The SMILES string of the molecule is CC(Cc1ccccc1F)C(=O)N1CCN(C(=O)CCOc2ccccc2)CC1. The van der Waals surface area contributed by atoms with Gasteiger partial charge in [0.25, 0.3) is 0 Å². The first-order valence-electron chi connectivity index (χ1n) is 10.0. The molecule has 1 aliphatic heterocycles. The molecule has 0 aliphatic carbocycles. The molecule has 0 radical (unpaired) electrons. The third-order valence-electron chi connectivity index (χ3n) is 5.18. The second-order valence-electron chi connectivity index (χ2n) is 7.31. The summed E-state index contributed by atoms with van der Waals surface area (Å²) in [4.78, 5) is 28.6.